The summed E-state index contributed by atoms with van der Waals surface area (Å²) in [5.41, 5.74) is 3.93. The Balaban J connectivity index is 1.80. The molecule has 3 aromatic rings. The molecule has 0 aliphatic rings. The van der Waals surface area contributed by atoms with Crippen LogP contribution in [0.1, 0.15) is 39.8 Å². The van der Waals surface area contributed by atoms with Crippen LogP contribution in [0.25, 0.3) is 0 Å². The molecule has 32 heavy (non-hydrogen) atoms. The molecule has 0 bridgehead atoms. The molecule has 1 heterocycles. The fourth-order valence-corrected chi connectivity index (χ4v) is 3.55. The largest absolute Gasteiger partial charge is 0.484 e. The van der Waals surface area contributed by atoms with E-state index >= 15 is 0 Å². The average molecular weight is 455 g/mol. The predicted molar refractivity (Wildman–Crippen MR) is 124 cm³/mol. The van der Waals surface area contributed by atoms with Crippen LogP contribution in [-0.2, 0) is 22.6 Å². The second-order valence-corrected chi connectivity index (χ2v) is 7.86. The molecule has 0 fully saturated rings. The Hall–Kier alpha value is -3.25. The lowest BCUT2D eigenvalue weighted by Gasteiger charge is -2.24. The van der Waals surface area contributed by atoms with Crippen LogP contribution < -0.4 is 4.74 Å². The highest BCUT2D eigenvalue weighted by Crippen LogP contribution is 2.22. The maximum absolute atomic E-state index is 13.1. The third kappa shape index (κ3) is 5.92. The molecule has 6 nitrogen and oxygen atoms in total. The number of H-pyrrole nitrogens is 1. The number of aromatic nitrogens is 1. The highest BCUT2D eigenvalue weighted by Gasteiger charge is 2.22. The average Bonchev–Trinajstić information content (AvgIpc) is 3.07. The first-order valence-corrected chi connectivity index (χ1v) is 10.8. The third-order valence-corrected chi connectivity index (χ3v) is 5.42. The normalized spacial score (nSPS) is 10.6. The number of carbonyl (C=O) groups excluding carboxylic acids is 2. The summed E-state index contributed by atoms with van der Waals surface area (Å²) < 4.78 is 10.8. The van der Waals surface area contributed by atoms with E-state index in [9.17, 15) is 9.59 Å². The summed E-state index contributed by atoms with van der Waals surface area (Å²) in [6.07, 6.45) is 0. The summed E-state index contributed by atoms with van der Waals surface area (Å²) in [5, 5.41) is 0.602. The second kappa shape index (κ2) is 10.9. The highest BCUT2D eigenvalue weighted by molar-refractivity contribution is 6.30. The Morgan fingerprint density at radius 1 is 1.00 bits per heavy atom. The fourth-order valence-electron chi connectivity index (χ4n) is 3.43. The van der Waals surface area contributed by atoms with Crippen LogP contribution in [0.15, 0.2) is 54.6 Å². The van der Waals surface area contributed by atoms with Gasteiger partial charge in [0.1, 0.15) is 11.4 Å². The Bertz CT molecular complexity index is 1060. The van der Waals surface area contributed by atoms with Crippen molar-refractivity contribution in [2.75, 3.05) is 13.2 Å². The lowest BCUT2D eigenvalue weighted by atomic mass is 10.1. The van der Waals surface area contributed by atoms with Gasteiger partial charge in [0.25, 0.3) is 5.91 Å². The molecule has 168 valence electrons. The zero-order valence-corrected chi connectivity index (χ0v) is 19.2. The zero-order valence-electron chi connectivity index (χ0n) is 18.5. The van der Waals surface area contributed by atoms with Crippen LogP contribution in [-0.4, -0.2) is 35.0 Å². The van der Waals surface area contributed by atoms with E-state index in [2.05, 4.69) is 4.98 Å². The van der Waals surface area contributed by atoms with Crippen LogP contribution in [0.2, 0.25) is 5.02 Å². The van der Waals surface area contributed by atoms with E-state index in [1.807, 2.05) is 44.2 Å². The molecule has 0 spiro atoms. The van der Waals surface area contributed by atoms with Gasteiger partial charge in [0.2, 0.25) is 0 Å². The van der Waals surface area contributed by atoms with Gasteiger partial charge in [-0.1, -0.05) is 41.9 Å². The molecule has 0 unspecified atom stereocenters. The van der Waals surface area contributed by atoms with Gasteiger partial charge in [-0.2, -0.15) is 0 Å². The van der Waals surface area contributed by atoms with E-state index in [0.717, 1.165) is 22.4 Å². The number of aryl methyl sites for hydroxylation is 1. The van der Waals surface area contributed by atoms with Crippen molar-refractivity contribution in [3.8, 4) is 5.75 Å². The van der Waals surface area contributed by atoms with Crippen molar-refractivity contribution < 1.29 is 19.1 Å². The van der Waals surface area contributed by atoms with Crippen molar-refractivity contribution in [2.45, 2.75) is 33.9 Å². The first-order chi connectivity index (χ1) is 15.4. The van der Waals surface area contributed by atoms with E-state index in [4.69, 9.17) is 21.1 Å². The van der Waals surface area contributed by atoms with Gasteiger partial charge >= 0.3 is 5.97 Å². The number of hydrogen-bond acceptors (Lipinski definition) is 4. The number of nitrogens with one attached hydrogen (secondary N) is 1. The van der Waals surface area contributed by atoms with Gasteiger partial charge in [-0.05, 0) is 61.7 Å². The van der Waals surface area contributed by atoms with Crippen molar-refractivity contribution in [1.29, 1.82) is 0 Å². The topological polar surface area (TPSA) is 71.6 Å². The monoisotopic (exact) mass is 454 g/mol. The van der Waals surface area contributed by atoms with E-state index in [1.165, 1.54) is 0 Å². The van der Waals surface area contributed by atoms with Gasteiger partial charge in [0.05, 0.1) is 6.61 Å². The first kappa shape index (κ1) is 23.4. The van der Waals surface area contributed by atoms with Gasteiger partial charge < -0.3 is 19.4 Å². The number of esters is 1. The Morgan fingerprint density at radius 2 is 1.69 bits per heavy atom. The molecule has 3 rings (SSSR count). The van der Waals surface area contributed by atoms with Crippen molar-refractivity contribution >= 4 is 23.5 Å². The van der Waals surface area contributed by atoms with Crippen molar-refractivity contribution in [1.82, 2.24) is 9.88 Å². The lowest BCUT2D eigenvalue weighted by Crippen LogP contribution is -2.34. The lowest BCUT2D eigenvalue weighted by molar-refractivity contribution is -0.134. The smallest absolute Gasteiger partial charge is 0.355 e. The van der Waals surface area contributed by atoms with Crippen LogP contribution in [0, 0.1) is 13.8 Å². The van der Waals surface area contributed by atoms with Crippen molar-refractivity contribution in [3.63, 3.8) is 0 Å². The van der Waals surface area contributed by atoms with Gasteiger partial charge in [-0.15, -0.1) is 0 Å². The summed E-state index contributed by atoms with van der Waals surface area (Å²) in [6.45, 7) is 6.47. The number of benzene rings is 2. The highest BCUT2D eigenvalue weighted by atomic mass is 35.5. The second-order valence-electron chi connectivity index (χ2n) is 7.43. The number of ether oxygens (including phenoxy) is 2. The number of rotatable bonds is 9. The molecule has 1 amide bonds. The van der Waals surface area contributed by atoms with E-state index < -0.39 is 5.97 Å². The van der Waals surface area contributed by atoms with Crippen molar-refractivity contribution in [2.24, 2.45) is 0 Å². The van der Waals surface area contributed by atoms with E-state index in [0.29, 0.717) is 36.2 Å². The summed E-state index contributed by atoms with van der Waals surface area (Å²) in [5.74, 6) is 0.00820. The molecule has 0 aliphatic carbocycles. The summed E-state index contributed by atoms with van der Waals surface area (Å²) in [7, 11) is 0. The molecule has 0 saturated carbocycles. The molecule has 0 saturated heterocycles. The van der Waals surface area contributed by atoms with Crippen LogP contribution >= 0.6 is 11.6 Å². The minimum absolute atomic E-state index is 0.109. The number of carbonyl (C=O) groups is 2. The number of aromatic amines is 1. The predicted octanol–water partition coefficient (Wildman–Crippen LogP) is 5.07. The van der Waals surface area contributed by atoms with Gasteiger partial charge in [-0.3, -0.25) is 4.79 Å². The van der Waals surface area contributed by atoms with E-state index in [-0.39, 0.29) is 12.5 Å². The Morgan fingerprint density at radius 3 is 2.34 bits per heavy atom. The van der Waals surface area contributed by atoms with Gasteiger partial charge in [0.15, 0.2) is 6.61 Å². The van der Waals surface area contributed by atoms with Crippen molar-refractivity contribution in [3.05, 3.63) is 87.7 Å². The number of halogens is 1. The van der Waals surface area contributed by atoms with Crippen LogP contribution in [0.4, 0.5) is 0 Å². The minimum atomic E-state index is -0.397. The Labute approximate surface area is 193 Å². The molecule has 1 aromatic heterocycles. The summed E-state index contributed by atoms with van der Waals surface area (Å²) >= 11 is 5.91. The zero-order chi connectivity index (χ0) is 23.1. The first-order valence-electron chi connectivity index (χ1n) is 10.4. The Kier molecular flexibility index (Phi) is 7.95. The molecule has 0 atom stereocenters. The minimum Gasteiger partial charge on any atom is -0.484 e. The van der Waals surface area contributed by atoms with Crippen LogP contribution in [0.5, 0.6) is 5.75 Å². The molecular formula is C25H27ClN2O4. The molecule has 2 aromatic carbocycles. The van der Waals surface area contributed by atoms with E-state index in [1.54, 1.807) is 36.1 Å². The summed E-state index contributed by atoms with van der Waals surface area (Å²) in [6, 6.07) is 16.6. The molecule has 0 aliphatic heterocycles. The third-order valence-electron chi connectivity index (χ3n) is 5.17. The number of amides is 1. The standard InChI is InChI=1S/C25H27ClN2O4/c1-4-31-25(30)24-17(2)22(18(3)27-24)15-28(14-19-8-6-5-7-9-19)23(29)16-32-21-12-10-20(26)11-13-21/h5-13,27H,4,14-16H2,1-3H3. The van der Waals surface area contributed by atoms with Crippen LogP contribution in [0.3, 0.4) is 0 Å². The maximum atomic E-state index is 13.1. The molecular weight excluding hydrogens is 428 g/mol. The number of hydrogen-bond donors (Lipinski definition) is 1. The molecule has 0 radical (unpaired) electrons. The molecule has 7 heteroatoms. The number of nitrogens with zero attached hydrogens (tertiary/aromatic N) is 1. The molecule has 1 N–H and O–H groups in total. The quantitative estimate of drug-likeness (QED) is 0.458. The van der Waals surface area contributed by atoms with Gasteiger partial charge in [-0.25, -0.2) is 4.79 Å². The maximum Gasteiger partial charge on any atom is 0.355 e. The fraction of sp³-hybridized carbons (Fsp3) is 0.280. The summed E-state index contributed by atoms with van der Waals surface area (Å²) in [4.78, 5) is 30.2. The SMILES string of the molecule is CCOC(=O)c1[nH]c(C)c(CN(Cc2ccccc2)C(=O)COc2ccc(Cl)cc2)c1C. The van der Waals surface area contributed by atoms with Gasteiger partial charge in [0, 0.05) is 23.8 Å².